The minimum Gasteiger partial charge on any atom is -0.439 e. The van der Waals surface area contributed by atoms with Crippen LogP contribution in [0.2, 0.25) is 0 Å². The number of carbonyl (C=O) groups excluding carboxylic acids is 1. The third-order valence-corrected chi connectivity index (χ3v) is 7.05. The summed E-state index contributed by atoms with van der Waals surface area (Å²) in [6.07, 6.45) is 0.468. The maximum atomic E-state index is 13.3. The van der Waals surface area contributed by atoms with Crippen LogP contribution in [-0.2, 0) is 11.3 Å². The van der Waals surface area contributed by atoms with Gasteiger partial charge in [-0.05, 0) is 47.9 Å². The quantitative estimate of drug-likeness (QED) is 0.326. The smallest absolute Gasteiger partial charge is 0.223 e. The number of fused-ring (bicyclic) bond motifs is 1. The molecule has 1 atom stereocenters. The lowest BCUT2D eigenvalue weighted by atomic mass is 9.88. The molecule has 1 aromatic heterocycles. The topological polar surface area (TPSA) is 49.6 Å². The lowest BCUT2D eigenvalue weighted by Crippen LogP contribution is -2.48. The summed E-state index contributed by atoms with van der Waals surface area (Å²) in [6.45, 7) is 5.80. The number of amides is 1. The Labute approximate surface area is 208 Å². The highest BCUT2D eigenvalue weighted by Gasteiger charge is 2.26. The van der Waals surface area contributed by atoms with Crippen molar-refractivity contribution in [2.24, 2.45) is 0 Å². The number of nitrogens with zero attached hydrogens (tertiary/aromatic N) is 3. The van der Waals surface area contributed by atoms with Gasteiger partial charge >= 0.3 is 0 Å². The summed E-state index contributed by atoms with van der Waals surface area (Å²) in [6, 6.07) is 24.7. The summed E-state index contributed by atoms with van der Waals surface area (Å²) < 4.78 is 6.99. The third kappa shape index (κ3) is 5.24. The Morgan fingerprint density at radius 2 is 1.68 bits per heavy atom. The van der Waals surface area contributed by atoms with Crippen molar-refractivity contribution in [3.05, 3.63) is 99.9 Å². The molecule has 34 heavy (non-hydrogen) atoms. The van der Waals surface area contributed by atoms with Crippen LogP contribution in [-0.4, -0.2) is 46.9 Å². The highest BCUT2D eigenvalue weighted by Crippen LogP contribution is 2.30. The Morgan fingerprint density at radius 1 is 0.971 bits per heavy atom. The number of aromatic nitrogens is 1. The average Bonchev–Trinajstić information content (AvgIpc) is 3.25. The first-order valence-corrected chi connectivity index (χ1v) is 12.5. The predicted molar refractivity (Wildman–Crippen MR) is 138 cm³/mol. The van der Waals surface area contributed by atoms with E-state index in [0.29, 0.717) is 13.0 Å². The van der Waals surface area contributed by atoms with Gasteiger partial charge in [0.15, 0.2) is 5.58 Å². The van der Waals surface area contributed by atoms with Crippen LogP contribution in [0.3, 0.4) is 0 Å². The van der Waals surface area contributed by atoms with E-state index in [9.17, 15) is 4.79 Å². The Kier molecular flexibility index (Phi) is 6.79. The molecule has 1 unspecified atom stereocenters. The molecule has 174 valence electrons. The number of benzene rings is 3. The van der Waals surface area contributed by atoms with E-state index >= 15 is 0 Å². The second-order valence-corrected chi connectivity index (χ2v) is 9.87. The van der Waals surface area contributed by atoms with E-state index in [1.165, 1.54) is 11.1 Å². The van der Waals surface area contributed by atoms with Crippen LogP contribution in [0, 0.1) is 6.92 Å². The van der Waals surface area contributed by atoms with Crippen molar-refractivity contribution in [2.45, 2.75) is 25.8 Å². The van der Waals surface area contributed by atoms with E-state index in [2.05, 4.69) is 63.1 Å². The molecule has 1 aliphatic heterocycles. The molecule has 0 bridgehead atoms. The van der Waals surface area contributed by atoms with E-state index in [1.807, 2.05) is 47.4 Å². The fourth-order valence-electron chi connectivity index (χ4n) is 4.61. The van der Waals surface area contributed by atoms with Gasteiger partial charge in [0, 0.05) is 43.0 Å². The molecule has 6 heteroatoms. The first-order valence-electron chi connectivity index (χ1n) is 11.7. The normalized spacial score (nSPS) is 15.5. The number of oxazole rings is 1. The van der Waals surface area contributed by atoms with E-state index in [0.717, 1.165) is 53.2 Å². The minimum atomic E-state index is 0.0445. The van der Waals surface area contributed by atoms with Gasteiger partial charge in [0.1, 0.15) is 5.52 Å². The molecule has 1 saturated heterocycles. The van der Waals surface area contributed by atoms with Gasteiger partial charge in [0.05, 0.1) is 6.54 Å². The van der Waals surface area contributed by atoms with Crippen LogP contribution in [0.4, 0.5) is 0 Å². The summed E-state index contributed by atoms with van der Waals surface area (Å²) in [5.41, 5.74) is 5.23. The third-order valence-electron chi connectivity index (χ3n) is 6.53. The van der Waals surface area contributed by atoms with Crippen LogP contribution in [0.15, 0.2) is 81.7 Å². The molecule has 2 heterocycles. The molecule has 1 aliphatic rings. The summed E-state index contributed by atoms with van der Waals surface area (Å²) >= 11 is 3.52. The second kappa shape index (κ2) is 10.1. The van der Waals surface area contributed by atoms with Crippen LogP contribution < -0.4 is 0 Å². The average molecular weight is 518 g/mol. The molecular weight excluding hydrogens is 490 g/mol. The van der Waals surface area contributed by atoms with Gasteiger partial charge in [0.25, 0.3) is 0 Å². The summed E-state index contributed by atoms with van der Waals surface area (Å²) in [5.74, 6) is 0.983. The Morgan fingerprint density at radius 3 is 2.41 bits per heavy atom. The van der Waals surface area contributed by atoms with E-state index in [-0.39, 0.29) is 11.8 Å². The fraction of sp³-hybridized carbons (Fsp3) is 0.286. The Bertz CT molecular complexity index is 1260. The van der Waals surface area contributed by atoms with Crippen molar-refractivity contribution in [3.8, 4) is 0 Å². The summed E-state index contributed by atoms with van der Waals surface area (Å²) in [7, 11) is 0. The first-order chi connectivity index (χ1) is 16.5. The zero-order valence-corrected chi connectivity index (χ0v) is 20.9. The van der Waals surface area contributed by atoms with E-state index < -0.39 is 0 Å². The molecule has 0 saturated carbocycles. The number of piperazine rings is 1. The van der Waals surface area contributed by atoms with Gasteiger partial charge in [-0.2, -0.15) is 0 Å². The number of rotatable bonds is 6. The molecule has 1 amide bonds. The van der Waals surface area contributed by atoms with Crippen molar-refractivity contribution in [2.75, 3.05) is 26.2 Å². The van der Waals surface area contributed by atoms with Gasteiger partial charge in [-0.3, -0.25) is 9.69 Å². The molecule has 5 rings (SSSR count). The molecule has 3 aromatic carbocycles. The van der Waals surface area contributed by atoms with Gasteiger partial charge in [-0.25, -0.2) is 4.98 Å². The van der Waals surface area contributed by atoms with Crippen LogP contribution in [0.25, 0.3) is 11.1 Å². The number of carbonyl (C=O) groups is 1. The summed E-state index contributed by atoms with van der Waals surface area (Å²) in [5, 5.41) is 0. The maximum Gasteiger partial charge on any atom is 0.223 e. The van der Waals surface area contributed by atoms with E-state index in [1.54, 1.807) is 0 Å². The molecule has 0 spiro atoms. The van der Waals surface area contributed by atoms with Crippen molar-refractivity contribution >= 4 is 32.9 Å². The van der Waals surface area contributed by atoms with Crippen molar-refractivity contribution in [1.82, 2.24) is 14.8 Å². The van der Waals surface area contributed by atoms with Gasteiger partial charge in [0.2, 0.25) is 11.8 Å². The largest absolute Gasteiger partial charge is 0.439 e. The molecule has 0 aliphatic carbocycles. The SMILES string of the molecule is Cc1ccc2nc(CN3CCN(C(=O)CC(c4ccccc4)c4ccc(Br)cc4)CC3)oc2c1. The minimum absolute atomic E-state index is 0.0445. The fourth-order valence-corrected chi connectivity index (χ4v) is 4.87. The van der Waals surface area contributed by atoms with E-state index in [4.69, 9.17) is 4.42 Å². The molecule has 4 aromatic rings. The Balaban J connectivity index is 1.22. The number of hydrogen-bond donors (Lipinski definition) is 0. The standard InChI is InChI=1S/C28H28BrN3O2/c1-20-7-12-25-26(17-20)34-27(30-25)19-31-13-15-32(16-14-31)28(33)18-24(21-5-3-2-4-6-21)22-8-10-23(29)11-9-22/h2-12,17,24H,13-16,18-19H2,1H3. The van der Waals surface area contributed by atoms with Crippen molar-refractivity contribution in [3.63, 3.8) is 0 Å². The maximum absolute atomic E-state index is 13.3. The molecule has 0 radical (unpaired) electrons. The summed E-state index contributed by atoms with van der Waals surface area (Å²) in [4.78, 5) is 22.2. The van der Waals surface area contributed by atoms with Crippen molar-refractivity contribution in [1.29, 1.82) is 0 Å². The number of aryl methyl sites for hydroxylation is 1. The first kappa shape index (κ1) is 22.8. The molecule has 0 N–H and O–H groups in total. The highest BCUT2D eigenvalue weighted by atomic mass is 79.9. The predicted octanol–water partition coefficient (Wildman–Crippen LogP) is 5.77. The number of halogens is 1. The zero-order valence-electron chi connectivity index (χ0n) is 19.3. The van der Waals surface area contributed by atoms with Crippen molar-refractivity contribution < 1.29 is 9.21 Å². The second-order valence-electron chi connectivity index (χ2n) is 8.95. The van der Waals surface area contributed by atoms with Gasteiger partial charge in [-0.1, -0.05) is 64.5 Å². The monoisotopic (exact) mass is 517 g/mol. The molecular formula is C28H28BrN3O2. The lowest BCUT2D eigenvalue weighted by Gasteiger charge is -2.35. The van der Waals surface area contributed by atoms with Crippen LogP contribution in [0.1, 0.15) is 34.9 Å². The van der Waals surface area contributed by atoms with Crippen LogP contribution >= 0.6 is 15.9 Å². The molecule has 5 nitrogen and oxygen atoms in total. The number of hydrogen-bond acceptors (Lipinski definition) is 4. The molecule has 1 fully saturated rings. The zero-order chi connectivity index (χ0) is 23.5. The highest BCUT2D eigenvalue weighted by molar-refractivity contribution is 9.10. The van der Waals surface area contributed by atoms with Gasteiger partial charge < -0.3 is 9.32 Å². The lowest BCUT2D eigenvalue weighted by molar-refractivity contribution is -0.133. The van der Waals surface area contributed by atoms with Crippen LogP contribution in [0.5, 0.6) is 0 Å². The van der Waals surface area contributed by atoms with Gasteiger partial charge in [-0.15, -0.1) is 0 Å². The Hall–Kier alpha value is -2.96.